The van der Waals surface area contributed by atoms with Gasteiger partial charge < -0.3 is 5.11 Å². The Balaban J connectivity index is 2.59. The molecule has 0 radical (unpaired) electrons. The number of hydrogen-bond acceptors (Lipinski definition) is 4. The summed E-state index contributed by atoms with van der Waals surface area (Å²) >= 11 is 0. The standard InChI is InChI=1S/C10H13N3O/c1-3-10(14)8-6-4-5-7-9(8)11-12-13(10)2/h4-7,14H,3H2,1-2H3. The fourth-order valence-corrected chi connectivity index (χ4v) is 1.68. The van der Waals surface area contributed by atoms with Gasteiger partial charge in [-0.15, -0.1) is 5.11 Å². The van der Waals surface area contributed by atoms with E-state index in [1.54, 1.807) is 7.05 Å². The van der Waals surface area contributed by atoms with Crippen LogP contribution in [0, 0.1) is 0 Å². The lowest BCUT2D eigenvalue weighted by atomic mass is 9.97. The summed E-state index contributed by atoms with van der Waals surface area (Å²) in [5, 5.41) is 19.8. The smallest absolute Gasteiger partial charge is 0.182 e. The van der Waals surface area contributed by atoms with Gasteiger partial charge in [-0.25, -0.2) is 5.01 Å². The molecule has 4 heteroatoms. The van der Waals surface area contributed by atoms with E-state index < -0.39 is 5.72 Å². The van der Waals surface area contributed by atoms with Crippen LogP contribution in [0.2, 0.25) is 0 Å². The first kappa shape index (κ1) is 9.15. The topological polar surface area (TPSA) is 48.2 Å². The van der Waals surface area contributed by atoms with E-state index in [2.05, 4.69) is 10.3 Å². The lowest BCUT2D eigenvalue weighted by molar-refractivity contribution is -0.113. The molecular formula is C10H13N3O. The van der Waals surface area contributed by atoms with E-state index in [0.717, 1.165) is 11.3 Å². The van der Waals surface area contributed by atoms with E-state index in [1.807, 2.05) is 31.2 Å². The second kappa shape index (κ2) is 3.06. The molecule has 2 rings (SSSR count). The SMILES string of the molecule is CCC1(O)c2ccccc2N=NN1C. The van der Waals surface area contributed by atoms with Gasteiger partial charge in [0.05, 0.1) is 5.69 Å². The predicted octanol–water partition coefficient (Wildman–Crippen LogP) is 2.19. The van der Waals surface area contributed by atoms with E-state index in [0.29, 0.717) is 6.42 Å². The maximum Gasteiger partial charge on any atom is 0.182 e. The van der Waals surface area contributed by atoms with E-state index in [-0.39, 0.29) is 0 Å². The summed E-state index contributed by atoms with van der Waals surface area (Å²) in [5.74, 6) is 0. The van der Waals surface area contributed by atoms with Crippen molar-refractivity contribution in [2.75, 3.05) is 7.05 Å². The van der Waals surface area contributed by atoms with Crippen LogP contribution in [0.25, 0.3) is 0 Å². The monoisotopic (exact) mass is 191 g/mol. The average molecular weight is 191 g/mol. The molecule has 0 aliphatic carbocycles. The second-order valence-corrected chi connectivity index (χ2v) is 3.40. The van der Waals surface area contributed by atoms with Crippen molar-refractivity contribution in [1.82, 2.24) is 5.01 Å². The Bertz CT molecular complexity index is 377. The molecule has 14 heavy (non-hydrogen) atoms. The van der Waals surface area contributed by atoms with Crippen molar-refractivity contribution in [3.8, 4) is 0 Å². The van der Waals surface area contributed by atoms with Crippen LogP contribution in [0.3, 0.4) is 0 Å². The number of rotatable bonds is 1. The molecule has 1 N–H and O–H groups in total. The summed E-state index contributed by atoms with van der Waals surface area (Å²) < 4.78 is 0. The third kappa shape index (κ3) is 1.11. The molecule has 0 saturated carbocycles. The summed E-state index contributed by atoms with van der Waals surface area (Å²) in [6, 6.07) is 7.52. The summed E-state index contributed by atoms with van der Waals surface area (Å²) in [5.41, 5.74) is 0.549. The van der Waals surface area contributed by atoms with Gasteiger partial charge in [0.15, 0.2) is 5.72 Å². The van der Waals surface area contributed by atoms with Crippen LogP contribution in [-0.4, -0.2) is 17.2 Å². The third-order valence-corrected chi connectivity index (χ3v) is 2.65. The Kier molecular flexibility index (Phi) is 2.00. The maximum absolute atomic E-state index is 10.4. The van der Waals surface area contributed by atoms with E-state index >= 15 is 0 Å². The maximum atomic E-state index is 10.4. The lowest BCUT2D eigenvalue weighted by Gasteiger charge is -2.36. The van der Waals surface area contributed by atoms with E-state index in [1.165, 1.54) is 5.01 Å². The fourth-order valence-electron chi connectivity index (χ4n) is 1.68. The number of benzene rings is 1. The summed E-state index contributed by atoms with van der Waals surface area (Å²) in [7, 11) is 1.73. The molecule has 1 heterocycles. The molecule has 1 unspecified atom stereocenters. The minimum absolute atomic E-state index is 0.583. The molecular weight excluding hydrogens is 178 g/mol. The molecule has 0 amide bonds. The van der Waals surface area contributed by atoms with Crippen molar-refractivity contribution < 1.29 is 5.11 Å². The molecule has 74 valence electrons. The minimum Gasteiger partial charge on any atom is -0.366 e. The molecule has 1 aromatic carbocycles. The molecule has 1 aliphatic heterocycles. The zero-order valence-corrected chi connectivity index (χ0v) is 8.31. The highest BCUT2D eigenvalue weighted by Gasteiger charge is 2.36. The van der Waals surface area contributed by atoms with Crippen LogP contribution in [0.5, 0.6) is 0 Å². The zero-order valence-electron chi connectivity index (χ0n) is 8.31. The van der Waals surface area contributed by atoms with Gasteiger partial charge in [-0.1, -0.05) is 30.3 Å². The Labute approximate surface area is 82.9 Å². The number of aliphatic hydroxyl groups is 1. The van der Waals surface area contributed by atoms with E-state index in [4.69, 9.17) is 0 Å². The predicted molar refractivity (Wildman–Crippen MR) is 52.9 cm³/mol. The molecule has 0 saturated heterocycles. The first-order valence-corrected chi connectivity index (χ1v) is 4.66. The van der Waals surface area contributed by atoms with Crippen LogP contribution < -0.4 is 0 Å². The molecule has 4 nitrogen and oxygen atoms in total. The molecule has 0 spiro atoms. The molecule has 1 atom stereocenters. The van der Waals surface area contributed by atoms with Crippen LogP contribution in [0.1, 0.15) is 18.9 Å². The van der Waals surface area contributed by atoms with Crippen LogP contribution in [-0.2, 0) is 5.72 Å². The highest BCUT2D eigenvalue weighted by atomic mass is 16.3. The molecule has 1 aliphatic rings. The van der Waals surface area contributed by atoms with Gasteiger partial charge in [-0.3, -0.25) is 0 Å². The summed E-state index contributed by atoms with van der Waals surface area (Å²) in [4.78, 5) is 0. The highest BCUT2D eigenvalue weighted by molar-refractivity contribution is 5.49. The average Bonchev–Trinajstić information content (AvgIpc) is 2.24. The van der Waals surface area contributed by atoms with Crippen molar-refractivity contribution in [2.45, 2.75) is 19.1 Å². The third-order valence-electron chi connectivity index (χ3n) is 2.65. The van der Waals surface area contributed by atoms with Crippen molar-refractivity contribution in [3.63, 3.8) is 0 Å². The molecule has 0 fully saturated rings. The number of fused-ring (bicyclic) bond motifs is 1. The first-order valence-electron chi connectivity index (χ1n) is 4.66. The van der Waals surface area contributed by atoms with Gasteiger partial charge in [0.1, 0.15) is 0 Å². The summed E-state index contributed by atoms with van der Waals surface area (Å²) in [6.07, 6.45) is 0.583. The van der Waals surface area contributed by atoms with Crippen molar-refractivity contribution >= 4 is 5.69 Å². The van der Waals surface area contributed by atoms with Crippen molar-refractivity contribution in [3.05, 3.63) is 29.8 Å². The second-order valence-electron chi connectivity index (χ2n) is 3.40. The lowest BCUT2D eigenvalue weighted by Crippen LogP contribution is -2.41. The van der Waals surface area contributed by atoms with Gasteiger partial charge in [0, 0.05) is 12.6 Å². The Morgan fingerprint density at radius 1 is 1.43 bits per heavy atom. The van der Waals surface area contributed by atoms with E-state index in [9.17, 15) is 5.11 Å². The molecule has 0 aromatic heterocycles. The van der Waals surface area contributed by atoms with Gasteiger partial charge in [-0.2, -0.15) is 0 Å². The van der Waals surface area contributed by atoms with Gasteiger partial charge in [-0.05, 0) is 12.5 Å². The molecule has 0 bridgehead atoms. The Morgan fingerprint density at radius 3 is 2.86 bits per heavy atom. The van der Waals surface area contributed by atoms with Crippen molar-refractivity contribution in [1.29, 1.82) is 0 Å². The summed E-state index contributed by atoms with van der Waals surface area (Å²) in [6.45, 7) is 1.92. The minimum atomic E-state index is -1.02. The number of hydrogen-bond donors (Lipinski definition) is 1. The first-order chi connectivity index (χ1) is 6.68. The van der Waals surface area contributed by atoms with Gasteiger partial charge in [0.2, 0.25) is 0 Å². The quantitative estimate of drug-likeness (QED) is 0.739. The fraction of sp³-hybridized carbons (Fsp3) is 0.400. The Hall–Kier alpha value is -1.42. The number of nitrogens with zero attached hydrogens (tertiary/aromatic N) is 3. The Morgan fingerprint density at radius 2 is 2.14 bits per heavy atom. The highest BCUT2D eigenvalue weighted by Crippen LogP contribution is 2.38. The van der Waals surface area contributed by atoms with Crippen LogP contribution in [0.4, 0.5) is 5.69 Å². The normalized spacial score (nSPS) is 24.9. The van der Waals surface area contributed by atoms with Crippen molar-refractivity contribution in [2.24, 2.45) is 10.3 Å². The van der Waals surface area contributed by atoms with Crippen LogP contribution >= 0.6 is 0 Å². The van der Waals surface area contributed by atoms with Gasteiger partial charge in [0.25, 0.3) is 0 Å². The zero-order chi connectivity index (χ0) is 10.2. The molecule has 1 aromatic rings. The largest absolute Gasteiger partial charge is 0.366 e. The van der Waals surface area contributed by atoms with Crippen LogP contribution in [0.15, 0.2) is 34.6 Å². The van der Waals surface area contributed by atoms with Gasteiger partial charge >= 0.3 is 0 Å².